The minimum Gasteiger partial charge on any atom is -0.374 e. The van der Waals surface area contributed by atoms with E-state index in [1.807, 2.05) is 0 Å². The molecule has 0 aromatic carbocycles. The zero-order valence-corrected chi connectivity index (χ0v) is 8.59. The molecule has 14 heavy (non-hydrogen) atoms. The van der Waals surface area contributed by atoms with Gasteiger partial charge in [-0.3, -0.25) is 4.79 Å². The maximum absolute atomic E-state index is 11.8. The van der Waals surface area contributed by atoms with Gasteiger partial charge >= 0.3 is 0 Å². The number of carbonyl (C=O) groups excluding carboxylic acids is 1. The van der Waals surface area contributed by atoms with Gasteiger partial charge in [-0.05, 0) is 38.0 Å². The molecule has 3 rings (SSSR count). The Morgan fingerprint density at radius 1 is 1.07 bits per heavy atom. The fraction of sp³-hybridized carbons (Fsp3) is 0.750. The van der Waals surface area contributed by atoms with Gasteiger partial charge < -0.3 is 4.90 Å². The molecule has 0 N–H and O–H groups in total. The average Bonchev–Trinajstić information content (AvgIpc) is 2.24. The summed E-state index contributed by atoms with van der Waals surface area (Å²) in [6, 6.07) is 0. The fourth-order valence-electron chi connectivity index (χ4n) is 3.31. The number of allylic oxidation sites excluding steroid dienone is 2. The predicted molar refractivity (Wildman–Crippen MR) is 54.8 cm³/mol. The predicted octanol–water partition coefficient (Wildman–Crippen LogP) is 2.11. The molecular formula is C12H17NO. The summed E-state index contributed by atoms with van der Waals surface area (Å²) in [6.45, 7) is 2.39. The van der Waals surface area contributed by atoms with Crippen LogP contribution in [0.15, 0.2) is 11.3 Å². The molecule has 2 heterocycles. The first-order valence-electron chi connectivity index (χ1n) is 5.87. The topological polar surface area (TPSA) is 20.3 Å². The Bertz CT molecular complexity index is 297. The third kappa shape index (κ3) is 1.13. The van der Waals surface area contributed by atoms with Crippen molar-refractivity contribution in [1.82, 2.24) is 4.90 Å². The number of rotatable bonds is 0. The lowest BCUT2D eigenvalue weighted by atomic mass is 9.77. The zero-order chi connectivity index (χ0) is 9.54. The minimum absolute atomic E-state index is 0.447. The summed E-state index contributed by atoms with van der Waals surface area (Å²) in [5.41, 5.74) is 2.66. The van der Waals surface area contributed by atoms with Gasteiger partial charge in [0.2, 0.25) is 0 Å². The van der Waals surface area contributed by atoms with Crippen LogP contribution in [0.25, 0.3) is 0 Å². The Hall–Kier alpha value is -0.790. The molecule has 0 spiro atoms. The van der Waals surface area contributed by atoms with Gasteiger partial charge in [-0.2, -0.15) is 0 Å². The molecule has 0 amide bonds. The highest BCUT2D eigenvalue weighted by molar-refractivity contribution is 5.97. The van der Waals surface area contributed by atoms with Crippen molar-refractivity contribution in [3.63, 3.8) is 0 Å². The number of hydrogen-bond donors (Lipinski definition) is 0. The van der Waals surface area contributed by atoms with E-state index in [1.54, 1.807) is 0 Å². The van der Waals surface area contributed by atoms with E-state index in [-0.39, 0.29) is 0 Å². The first-order valence-corrected chi connectivity index (χ1v) is 5.87. The molecule has 0 bridgehead atoms. The zero-order valence-electron chi connectivity index (χ0n) is 8.59. The maximum atomic E-state index is 11.8. The highest BCUT2D eigenvalue weighted by Gasteiger charge is 2.35. The van der Waals surface area contributed by atoms with E-state index in [2.05, 4.69) is 4.90 Å². The van der Waals surface area contributed by atoms with Crippen LogP contribution in [0.3, 0.4) is 0 Å². The largest absolute Gasteiger partial charge is 0.374 e. The first-order chi connectivity index (χ1) is 6.86. The Labute approximate surface area is 85.0 Å². The third-order valence-corrected chi connectivity index (χ3v) is 3.93. The van der Waals surface area contributed by atoms with Crippen LogP contribution in [0.1, 0.15) is 38.5 Å². The van der Waals surface area contributed by atoms with Crippen molar-refractivity contribution in [1.29, 1.82) is 0 Å². The van der Waals surface area contributed by atoms with Gasteiger partial charge in [0.25, 0.3) is 0 Å². The quantitative estimate of drug-likeness (QED) is 0.584. The van der Waals surface area contributed by atoms with Crippen molar-refractivity contribution < 1.29 is 4.79 Å². The second-order valence-corrected chi connectivity index (χ2v) is 4.76. The van der Waals surface area contributed by atoms with Crippen LogP contribution in [0, 0.1) is 5.92 Å². The molecule has 1 fully saturated rings. The molecule has 2 heteroatoms. The lowest BCUT2D eigenvalue weighted by Gasteiger charge is -2.43. The number of hydrogen-bond acceptors (Lipinski definition) is 2. The van der Waals surface area contributed by atoms with Crippen molar-refractivity contribution in [2.75, 3.05) is 13.1 Å². The van der Waals surface area contributed by atoms with Crippen molar-refractivity contribution in [2.45, 2.75) is 38.5 Å². The van der Waals surface area contributed by atoms with Gasteiger partial charge in [0, 0.05) is 30.8 Å². The SMILES string of the molecule is O=C1CCC2CCCN3CCCC1=C23. The van der Waals surface area contributed by atoms with Crippen molar-refractivity contribution >= 4 is 5.78 Å². The molecule has 1 unspecified atom stereocenters. The van der Waals surface area contributed by atoms with Crippen molar-refractivity contribution in [2.24, 2.45) is 5.92 Å². The van der Waals surface area contributed by atoms with Gasteiger partial charge in [0.1, 0.15) is 0 Å². The molecule has 0 aromatic heterocycles. The second kappa shape index (κ2) is 3.11. The van der Waals surface area contributed by atoms with E-state index in [0.717, 1.165) is 25.2 Å². The minimum atomic E-state index is 0.447. The van der Waals surface area contributed by atoms with Gasteiger partial charge in [0.05, 0.1) is 0 Å². The van der Waals surface area contributed by atoms with Crippen molar-refractivity contribution in [3.8, 4) is 0 Å². The van der Waals surface area contributed by atoms with Gasteiger partial charge in [-0.25, -0.2) is 0 Å². The third-order valence-electron chi connectivity index (χ3n) is 3.93. The van der Waals surface area contributed by atoms with E-state index in [0.29, 0.717) is 5.78 Å². The smallest absolute Gasteiger partial charge is 0.160 e. The molecule has 0 aromatic rings. The lowest BCUT2D eigenvalue weighted by molar-refractivity contribution is -0.117. The lowest BCUT2D eigenvalue weighted by Crippen LogP contribution is -2.40. The summed E-state index contributed by atoms with van der Waals surface area (Å²) in [5.74, 6) is 1.18. The summed E-state index contributed by atoms with van der Waals surface area (Å²) in [4.78, 5) is 14.3. The molecule has 2 aliphatic heterocycles. The standard InChI is InChI=1S/C12H17NO/c14-11-6-5-9-3-1-7-13-8-2-4-10(11)12(9)13/h9H,1-8H2. The number of carbonyl (C=O) groups is 1. The number of Topliss-reactive ketones (excluding diaryl/α,β-unsaturated/α-hetero) is 1. The van der Waals surface area contributed by atoms with Crippen LogP contribution in [0.5, 0.6) is 0 Å². The summed E-state index contributed by atoms with van der Waals surface area (Å²) in [6.07, 6.45) is 6.84. The summed E-state index contributed by atoms with van der Waals surface area (Å²) in [7, 11) is 0. The van der Waals surface area contributed by atoms with Gasteiger partial charge in [-0.15, -0.1) is 0 Å². The Kier molecular flexibility index (Phi) is 1.89. The van der Waals surface area contributed by atoms with Crippen LogP contribution < -0.4 is 0 Å². The average molecular weight is 191 g/mol. The maximum Gasteiger partial charge on any atom is 0.160 e. The van der Waals surface area contributed by atoms with Gasteiger partial charge in [0.15, 0.2) is 5.78 Å². The normalized spacial score (nSPS) is 31.9. The van der Waals surface area contributed by atoms with E-state index < -0.39 is 0 Å². The van der Waals surface area contributed by atoms with Crippen LogP contribution >= 0.6 is 0 Å². The molecule has 0 saturated carbocycles. The monoisotopic (exact) mass is 191 g/mol. The molecule has 76 valence electrons. The molecule has 0 radical (unpaired) electrons. The molecule has 3 aliphatic rings. The van der Waals surface area contributed by atoms with E-state index in [9.17, 15) is 4.79 Å². The highest BCUT2D eigenvalue weighted by atomic mass is 16.1. The number of piperidine rings is 1. The Morgan fingerprint density at radius 2 is 1.93 bits per heavy atom. The molecule has 1 saturated heterocycles. The summed E-state index contributed by atoms with van der Waals surface area (Å²) < 4.78 is 0. The summed E-state index contributed by atoms with van der Waals surface area (Å²) >= 11 is 0. The first kappa shape index (κ1) is 8.51. The Morgan fingerprint density at radius 3 is 2.86 bits per heavy atom. The highest BCUT2D eigenvalue weighted by Crippen LogP contribution is 2.40. The van der Waals surface area contributed by atoms with Crippen molar-refractivity contribution in [3.05, 3.63) is 11.3 Å². The van der Waals surface area contributed by atoms with E-state index >= 15 is 0 Å². The second-order valence-electron chi connectivity index (χ2n) is 4.76. The van der Waals surface area contributed by atoms with Crippen LogP contribution in [0.2, 0.25) is 0 Å². The molecular weight excluding hydrogens is 174 g/mol. The van der Waals surface area contributed by atoms with E-state index in [4.69, 9.17) is 0 Å². The summed E-state index contributed by atoms with van der Waals surface area (Å²) in [5, 5.41) is 0. The molecule has 1 atom stereocenters. The van der Waals surface area contributed by atoms with Crippen LogP contribution in [0.4, 0.5) is 0 Å². The fourth-order valence-corrected chi connectivity index (χ4v) is 3.31. The molecule has 2 nitrogen and oxygen atoms in total. The molecule has 1 aliphatic carbocycles. The van der Waals surface area contributed by atoms with Crippen LogP contribution in [-0.4, -0.2) is 23.8 Å². The number of ketones is 1. The van der Waals surface area contributed by atoms with Gasteiger partial charge in [-0.1, -0.05) is 0 Å². The van der Waals surface area contributed by atoms with E-state index in [1.165, 1.54) is 43.6 Å². The number of nitrogens with zero attached hydrogens (tertiary/aromatic N) is 1. The Balaban J connectivity index is 2.05. The van der Waals surface area contributed by atoms with Crippen LogP contribution in [-0.2, 0) is 4.79 Å².